The quantitative estimate of drug-likeness (QED) is 0.109. The molecule has 0 radical (unpaired) electrons. The number of aryl methyl sites for hydroxylation is 1. The van der Waals surface area contributed by atoms with E-state index in [1.165, 1.54) is 44.8 Å². The summed E-state index contributed by atoms with van der Waals surface area (Å²) in [7, 11) is 0. The van der Waals surface area contributed by atoms with E-state index in [-0.39, 0.29) is 6.10 Å². The van der Waals surface area contributed by atoms with Crippen LogP contribution in [0, 0.1) is 6.92 Å². The van der Waals surface area contributed by atoms with Crippen LogP contribution in [-0.2, 0) is 0 Å². The predicted molar refractivity (Wildman–Crippen MR) is 269 cm³/mol. The average Bonchev–Trinajstić information content (AvgIpc) is 3.34. The number of allylic oxidation sites excluding steroid dienone is 11. The number of benzene rings is 6. The second-order valence-corrected chi connectivity index (χ2v) is 16.7. The van der Waals surface area contributed by atoms with Crippen molar-refractivity contribution in [2.75, 3.05) is 9.80 Å². The molecule has 6 aromatic rings. The molecular weight excluding hydrogens is 781 g/mol. The number of ether oxygens (including phenoxy) is 2. The SMILES string of the molecule is C=CC1=CC=C(Oc2cccc(N(c3ccc(C)cc3)c3ccc(-c4ccc(-c5ccc(N(C6=CC=C(C)CC6)C6=CC=CC(Oc7ccc(C=C)cc7)C6)cc5)cc4)cc3)c2)CC1. The van der Waals surface area contributed by atoms with Crippen molar-refractivity contribution in [3.8, 4) is 33.8 Å². The van der Waals surface area contributed by atoms with Gasteiger partial charge < -0.3 is 19.3 Å². The van der Waals surface area contributed by atoms with Crippen molar-refractivity contribution in [2.45, 2.75) is 52.1 Å². The smallest absolute Gasteiger partial charge is 0.129 e. The van der Waals surface area contributed by atoms with Gasteiger partial charge in [-0.3, -0.25) is 0 Å². The Kier molecular flexibility index (Phi) is 12.6. The van der Waals surface area contributed by atoms with Crippen LogP contribution in [-0.4, -0.2) is 6.10 Å². The Bertz CT molecular complexity index is 2820. The minimum atomic E-state index is -0.0639. The molecule has 0 spiro atoms. The van der Waals surface area contributed by atoms with Gasteiger partial charge in [0.15, 0.2) is 0 Å². The van der Waals surface area contributed by atoms with Crippen molar-refractivity contribution in [1.82, 2.24) is 0 Å². The van der Waals surface area contributed by atoms with Gasteiger partial charge in [-0.25, -0.2) is 0 Å². The molecule has 0 amide bonds. The average molecular weight is 835 g/mol. The predicted octanol–water partition coefficient (Wildman–Crippen LogP) is 16.3. The summed E-state index contributed by atoms with van der Waals surface area (Å²) in [5, 5.41) is 0. The Balaban J connectivity index is 0.923. The van der Waals surface area contributed by atoms with Crippen LogP contribution in [0.5, 0.6) is 11.5 Å². The van der Waals surface area contributed by atoms with Crippen molar-refractivity contribution >= 4 is 28.8 Å². The van der Waals surface area contributed by atoms with E-state index in [0.29, 0.717) is 0 Å². The van der Waals surface area contributed by atoms with Crippen LogP contribution < -0.4 is 19.3 Å². The summed E-state index contributed by atoms with van der Waals surface area (Å²) in [5.74, 6) is 2.64. The topological polar surface area (TPSA) is 24.9 Å². The van der Waals surface area contributed by atoms with Crippen LogP contribution in [0.3, 0.4) is 0 Å². The van der Waals surface area contributed by atoms with Gasteiger partial charge >= 0.3 is 0 Å². The first-order valence-electron chi connectivity index (χ1n) is 22.3. The van der Waals surface area contributed by atoms with Crippen LogP contribution in [0.1, 0.15) is 50.2 Å². The highest BCUT2D eigenvalue weighted by Crippen LogP contribution is 2.39. The normalized spacial score (nSPS) is 15.7. The fourth-order valence-electron chi connectivity index (χ4n) is 8.50. The molecule has 0 aromatic heterocycles. The molecule has 0 N–H and O–H groups in total. The standard InChI is InChI=1S/C60H54N2O2/c1-5-45-17-37-57(38-18-45)63-59-11-7-9-55(41-59)61(51-29-13-43(3)14-30-51)53-33-25-49(26-34-53)47-21-23-48(24-22-47)50-27-35-54(36-28-50)62(52-31-15-44(4)16-32-52)56-10-8-12-60(42-56)64-58-39-19-46(6-2)20-40-58/h5-15,17,19-31,33-37,39-41,60H,1-2,16,18,32,38,42H2,3-4H3. The van der Waals surface area contributed by atoms with Gasteiger partial charge in [0.05, 0.1) is 0 Å². The van der Waals surface area contributed by atoms with E-state index in [0.717, 1.165) is 83.2 Å². The van der Waals surface area contributed by atoms with E-state index in [2.05, 4.69) is 195 Å². The first-order chi connectivity index (χ1) is 31.4. The maximum atomic E-state index is 6.45. The van der Waals surface area contributed by atoms with E-state index >= 15 is 0 Å². The highest BCUT2D eigenvalue weighted by Gasteiger charge is 2.23. The van der Waals surface area contributed by atoms with Gasteiger partial charge in [0.25, 0.3) is 0 Å². The van der Waals surface area contributed by atoms with Crippen LogP contribution in [0.15, 0.2) is 236 Å². The Morgan fingerprint density at radius 2 is 1.14 bits per heavy atom. The van der Waals surface area contributed by atoms with Crippen LogP contribution in [0.25, 0.3) is 28.3 Å². The number of hydrogen-bond donors (Lipinski definition) is 0. The molecule has 4 nitrogen and oxygen atoms in total. The second kappa shape index (κ2) is 19.2. The minimum Gasteiger partial charge on any atom is -0.486 e. The van der Waals surface area contributed by atoms with Crippen molar-refractivity contribution < 1.29 is 9.47 Å². The highest BCUT2D eigenvalue weighted by molar-refractivity contribution is 5.80. The third-order valence-electron chi connectivity index (χ3n) is 12.2. The van der Waals surface area contributed by atoms with E-state index in [1.807, 2.05) is 42.5 Å². The van der Waals surface area contributed by atoms with Gasteiger partial charge in [-0.2, -0.15) is 0 Å². The van der Waals surface area contributed by atoms with Crippen molar-refractivity contribution in [3.05, 3.63) is 247 Å². The molecule has 0 saturated heterocycles. The van der Waals surface area contributed by atoms with Crippen LogP contribution in [0.2, 0.25) is 0 Å². The summed E-state index contributed by atoms with van der Waals surface area (Å²) in [6.07, 6.45) is 23.5. The lowest BCUT2D eigenvalue weighted by Crippen LogP contribution is -2.28. The van der Waals surface area contributed by atoms with Crippen LogP contribution in [0.4, 0.5) is 22.7 Å². The van der Waals surface area contributed by atoms with Gasteiger partial charge in [0, 0.05) is 53.1 Å². The number of anilines is 4. The fourth-order valence-corrected chi connectivity index (χ4v) is 8.50. The van der Waals surface area contributed by atoms with E-state index in [4.69, 9.17) is 9.47 Å². The molecule has 0 saturated carbocycles. The van der Waals surface area contributed by atoms with Gasteiger partial charge in [-0.1, -0.05) is 134 Å². The number of hydrogen-bond acceptors (Lipinski definition) is 4. The maximum Gasteiger partial charge on any atom is 0.129 e. The first-order valence-corrected chi connectivity index (χ1v) is 22.3. The van der Waals surface area contributed by atoms with Crippen molar-refractivity contribution in [1.29, 1.82) is 0 Å². The summed E-state index contributed by atoms with van der Waals surface area (Å²) >= 11 is 0. The van der Waals surface area contributed by atoms with E-state index in [1.54, 1.807) is 0 Å². The van der Waals surface area contributed by atoms with Crippen molar-refractivity contribution in [3.63, 3.8) is 0 Å². The lowest BCUT2D eigenvalue weighted by atomic mass is 9.98. The minimum absolute atomic E-state index is 0.0639. The lowest BCUT2D eigenvalue weighted by molar-refractivity contribution is 0.247. The molecule has 1 unspecified atom stereocenters. The molecule has 4 heteroatoms. The maximum absolute atomic E-state index is 6.45. The molecular formula is C60H54N2O2. The van der Waals surface area contributed by atoms with E-state index in [9.17, 15) is 0 Å². The van der Waals surface area contributed by atoms with Gasteiger partial charge in [-0.15, -0.1) is 0 Å². The molecule has 0 bridgehead atoms. The van der Waals surface area contributed by atoms with Gasteiger partial charge in [-0.05, 0) is 151 Å². The van der Waals surface area contributed by atoms with Crippen LogP contribution >= 0.6 is 0 Å². The molecule has 0 fully saturated rings. The Morgan fingerprint density at radius 3 is 1.72 bits per heavy atom. The molecule has 3 aliphatic rings. The highest BCUT2D eigenvalue weighted by atomic mass is 16.5. The Morgan fingerprint density at radius 1 is 0.516 bits per heavy atom. The zero-order valence-electron chi connectivity index (χ0n) is 36.8. The van der Waals surface area contributed by atoms with Gasteiger partial charge in [0.1, 0.15) is 23.4 Å². The summed E-state index contributed by atoms with van der Waals surface area (Å²) in [5.41, 5.74) is 16.5. The fraction of sp³-hybridized carbons (Fsp3) is 0.133. The Hall–Kier alpha value is -7.56. The summed E-state index contributed by atoms with van der Waals surface area (Å²) in [4.78, 5) is 4.71. The molecule has 9 rings (SSSR count). The summed E-state index contributed by atoms with van der Waals surface area (Å²) < 4.78 is 12.8. The molecule has 0 heterocycles. The molecule has 1 atom stereocenters. The lowest BCUT2D eigenvalue weighted by Gasteiger charge is -2.34. The van der Waals surface area contributed by atoms with Gasteiger partial charge in [0.2, 0.25) is 0 Å². The second-order valence-electron chi connectivity index (χ2n) is 16.7. The number of nitrogens with zero attached hydrogens (tertiary/aromatic N) is 2. The summed E-state index contributed by atoms with van der Waals surface area (Å²) in [6, 6.07) is 51.9. The molecule has 64 heavy (non-hydrogen) atoms. The Labute approximate surface area is 379 Å². The molecule has 316 valence electrons. The number of rotatable bonds is 14. The zero-order valence-corrected chi connectivity index (χ0v) is 36.8. The third-order valence-corrected chi connectivity index (χ3v) is 12.2. The zero-order chi connectivity index (χ0) is 43.8. The molecule has 0 aliphatic heterocycles. The summed E-state index contributed by atoms with van der Waals surface area (Å²) in [6.45, 7) is 12.1. The monoisotopic (exact) mass is 834 g/mol. The third kappa shape index (κ3) is 9.72. The van der Waals surface area contributed by atoms with E-state index < -0.39 is 0 Å². The van der Waals surface area contributed by atoms with Crippen molar-refractivity contribution in [2.24, 2.45) is 0 Å². The molecule has 6 aromatic carbocycles. The molecule has 3 aliphatic carbocycles. The largest absolute Gasteiger partial charge is 0.486 e. The first kappa shape index (κ1) is 41.8.